The Bertz CT molecular complexity index is 1110. The highest BCUT2D eigenvalue weighted by Gasteiger charge is 2.17. The summed E-state index contributed by atoms with van der Waals surface area (Å²) in [6.45, 7) is 2.97. The molecule has 1 amide bonds. The van der Waals surface area contributed by atoms with Crippen LogP contribution in [0.25, 0.3) is 22.5 Å². The molecule has 0 fully saturated rings. The van der Waals surface area contributed by atoms with E-state index in [-0.39, 0.29) is 5.91 Å². The number of tetrazole rings is 1. The third kappa shape index (κ3) is 4.03. The van der Waals surface area contributed by atoms with E-state index >= 15 is 0 Å². The van der Waals surface area contributed by atoms with Gasteiger partial charge < -0.3 is 5.32 Å². The zero-order valence-electron chi connectivity index (χ0n) is 16.0. The average molecular weight is 384 g/mol. The number of aryl methyl sites for hydroxylation is 1. The van der Waals surface area contributed by atoms with E-state index in [9.17, 15) is 4.79 Å². The van der Waals surface area contributed by atoms with Crippen LogP contribution in [-0.4, -0.2) is 31.1 Å². The summed E-state index contributed by atoms with van der Waals surface area (Å²) >= 11 is 0. The molecule has 0 aliphatic heterocycles. The minimum atomic E-state index is -0.174. The number of carbonyl (C=O) groups excluding carboxylic acids is 1. The van der Waals surface area contributed by atoms with Crippen LogP contribution < -0.4 is 5.32 Å². The lowest BCUT2D eigenvalue weighted by molar-refractivity contribution is 0.0950. The van der Waals surface area contributed by atoms with Crippen LogP contribution in [0.1, 0.15) is 23.0 Å². The van der Waals surface area contributed by atoms with Gasteiger partial charge in [0.15, 0.2) is 5.82 Å². The molecule has 0 radical (unpaired) electrons. The van der Waals surface area contributed by atoms with Gasteiger partial charge in [-0.15, -0.1) is 5.10 Å². The Labute approximate surface area is 168 Å². The smallest absolute Gasteiger partial charge is 0.251 e. The monoisotopic (exact) mass is 384 g/mol. The van der Waals surface area contributed by atoms with E-state index in [1.54, 1.807) is 10.9 Å². The van der Waals surface area contributed by atoms with Crippen LogP contribution in [0.3, 0.4) is 0 Å². The van der Waals surface area contributed by atoms with Crippen LogP contribution in [0.4, 0.5) is 0 Å². The molecule has 0 unspecified atom stereocenters. The van der Waals surface area contributed by atoms with Gasteiger partial charge in [-0.3, -0.25) is 9.78 Å². The Morgan fingerprint density at radius 1 is 1.00 bits per heavy atom. The number of hydrogen-bond acceptors (Lipinski definition) is 5. The maximum absolute atomic E-state index is 12.7. The Balaban J connectivity index is 1.70. The maximum Gasteiger partial charge on any atom is 0.251 e. The van der Waals surface area contributed by atoms with Crippen molar-refractivity contribution in [3.05, 3.63) is 84.2 Å². The summed E-state index contributed by atoms with van der Waals surface area (Å²) in [6.07, 6.45) is 1.71. The van der Waals surface area contributed by atoms with E-state index in [0.717, 1.165) is 22.4 Å². The SMILES string of the molecule is CCn1nnnc1-c1cc(C(=O)NCc2ccccn2)ccc1-c1ccccc1. The van der Waals surface area contributed by atoms with Crippen molar-refractivity contribution in [2.45, 2.75) is 20.0 Å². The normalized spacial score (nSPS) is 10.7. The molecule has 0 spiro atoms. The molecule has 0 bridgehead atoms. The fourth-order valence-corrected chi connectivity index (χ4v) is 3.13. The summed E-state index contributed by atoms with van der Waals surface area (Å²) in [4.78, 5) is 17.0. The van der Waals surface area contributed by atoms with Crippen LogP contribution in [0.15, 0.2) is 72.9 Å². The molecule has 7 nitrogen and oxygen atoms in total. The van der Waals surface area contributed by atoms with Crippen molar-refractivity contribution in [1.29, 1.82) is 0 Å². The quantitative estimate of drug-likeness (QED) is 0.551. The third-order valence-corrected chi connectivity index (χ3v) is 4.60. The summed E-state index contributed by atoms with van der Waals surface area (Å²) in [7, 11) is 0. The third-order valence-electron chi connectivity index (χ3n) is 4.60. The molecule has 2 heterocycles. The summed E-state index contributed by atoms with van der Waals surface area (Å²) in [5.74, 6) is 0.456. The molecule has 2 aromatic heterocycles. The fourth-order valence-electron chi connectivity index (χ4n) is 3.13. The van der Waals surface area contributed by atoms with E-state index in [0.29, 0.717) is 24.5 Å². The van der Waals surface area contributed by atoms with Gasteiger partial charge in [0.2, 0.25) is 0 Å². The van der Waals surface area contributed by atoms with Crippen LogP contribution in [0.5, 0.6) is 0 Å². The molecule has 0 saturated heterocycles. The fraction of sp³-hybridized carbons (Fsp3) is 0.136. The highest BCUT2D eigenvalue weighted by molar-refractivity contribution is 5.97. The number of rotatable bonds is 6. The van der Waals surface area contributed by atoms with Crippen molar-refractivity contribution in [3.63, 3.8) is 0 Å². The molecular formula is C22H20N6O. The number of pyridine rings is 1. The number of aromatic nitrogens is 5. The van der Waals surface area contributed by atoms with Gasteiger partial charge in [-0.2, -0.15) is 0 Å². The Kier molecular flexibility index (Phi) is 5.38. The van der Waals surface area contributed by atoms with Crippen LogP contribution in [0.2, 0.25) is 0 Å². The van der Waals surface area contributed by atoms with Gasteiger partial charge in [0.25, 0.3) is 5.91 Å². The maximum atomic E-state index is 12.7. The molecule has 4 rings (SSSR count). The number of hydrogen-bond donors (Lipinski definition) is 1. The molecule has 0 atom stereocenters. The van der Waals surface area contributed by atoms with Crippen molar-refractivity contribution in [2.24, 2.45) is 0 Å². The molecule has 0 aliphatic rings. The first-order chi connectivity index (χ1) is 14.3. The van der Waals surface area contributed by atoms with Crippen molar-refractivity contribution in [2.75, 3.05) is 0 Å². The number of benzene rings is 2. The second-order valence-corrected chi connectivity index (χ2v) is 6.45. The molecule has 4 aromatic rings. The first kappa shape index (κ1) is 18.5. The van der Waals surface area contributed by atoms with Gasteiger partial charge in [-0.1, -0.05) is 42.5 Å². The van der Waals surface area contributed by atoms with Gasteiger partial charge in [-0.25, -0.2) is 4.68 Å². The Morgan fingerprint density at radius 3 is 2.59 bits per heavy atom. The van der Waals surface area contributed by atoms with Gasteiger partial charge in [0.1, 0.15) is 0 Å². The lowest BCUT2D eigenvalue weighted by Crippen LogP contribution is -2.23. The highest BCUT2D eigenvalue weighted by Crippen LogP contribution is 2.31. The van der Waals surface area contributed by atoms with Crippen molar-refractivity contribution >= 4 is 5.91 Å². The number of amides is 1. The van der Waals surface area contributed by atoms with Gasteiger partial charge >= 0.3 is 0 Å². The predicted octanol–water partition coefficient (Wildman–Crippen LogP) is 3.35. The molecule has 144 valence electrons. The van der Waals surface area contributed by atoms with E-state index in [2.05, 4.69) is 25.8 Å². The largest absolute Gasteiger partial charge is 0.346 e. The minimum Gasteiger partial charge on any atom is -0.346 e. The van der Waals surface area contributed by atoms with Crippen molar-refractivity contribution in [1.82, 2.24) is 30.5 Å². The molecule has 29 heavy (non-hydrogen) atoms. The molecule has 2 aromatic carbocycles. The summed E-state index contributed by atoms with van der Waals surface area (Å²) in [6, 6.07) is 21.2. The molecule has 7 heteroatoms. The molecule has 0 aliphatic carbocycles. The van der Waals surface area contributed by atoms with Gasteiger partial charge in [0.05, 0.1) is 12.2 Å². The standard InChI is InChI=1S/C22H20N6O/c1-2-28-21(25-26-27-28)20-14-17(11-12-19(20)16-8-4-3-5-9-16)22(29)24-15-18-10-6-7-13-23-18/h3-14H,2,15H2,1H3,(H,24,29). The van der Waals surface area contributed by atoms with E-state index in [1.165, 1.54) is 0 Å². The zero-order chi connectivity index (χ0) is 20.1. The van der Waals surface area contributed by atoms with Crippen molar-refractivity contribution in [3.8, 4) is 22.5 Å². The minimum absolute atomic E-state index is 0.174. The second-order valence-electron chi connectivity index (χ2n) is 6.45. The topological polar surface area (TPSA) is 85.6 Å². The van der Waals surface area contributed by atoms with Crippen LogP contribution in [-0.2, 0) is 13.1 Å². The van der Waals surface area contributed by atoms with E-state index in [4.69, 9.17) is 0 Å². The number of nitrogens with one attached hydrogen (secondary N) is 1. The van der Waals surface area contributed by atoms with Crippen LogP contribution in [0, 0.1) is 0 Å². The Hall–Kier alpha value is -3.87. The predicted molar refractivity (Wildman–Crippen MR) is 110 cm³/mol. The summed E-state index contributed by atoms with van der Waals surface area (Å²) < 4.78 is 1.72. The van der Waals surface area contributed by atoms with Crippen molar-refractivity contribution < 1.29 is 4.79 Å². The lowest BCUT2D eigenvalue weighted by atomic mass is 9.96. The van der Waals surface area contributed by atoms with Gasteiger partial charge in [-0.05, 0) is 52.7 Å². The van der Waals surface area contributed by atoms with E-state index < -0.39 is 0 Å². The average Bonchev–Trinajstić information content (AvgIpc) is 3.27. The molecular weight excluding hydrogens is 364 g/mol. The number of nitrogens with zero attached hydrogens (tertiary/aromatic N) is 5. The summed E-state index contributed by atoms with van der Waals surface area (Å²) in [5.41, 5.74) is 4.16. The first-order valence-electron chi connectivity index (χ1n) is 9.40. The summed E-state index contributed by atoms with van der Waals surface area (Å²) in [5, 5.41) is 15.0. The second kappa shape index (κ2) is 8.43. The molecule has 1 N–H and O–H groups in total. The van der Waals surface area contributed by atoms with E-state index in [1.807, 2.05) is 73.7 Å². The highest BCUT2D eigenvalue weighted by atomic mass is 16.1. The van der Waals surface area contributed by atoms with Gasteiger partial charge in [0, 0.05) is 23.9 Å². The Morgan fingerprint density at radius 2 is 1.83 bits per heavy atom. The number of carbonyl (C=O) groups is 1. The first-order valence-corrected chi connectivity index (χ1v) is 9.40. The van der Waals surface area contributed by atoms with Crippen LogP contribution >= 0.6 is 0 Å². The molecule has 0 saturated carbocycles. The zero-order valence-corrected chi connectivity index (χ0v) is 16.0. The lowest BCUT2D eigenvalue weighted by Gasteiger charge is -2.12.